The van der Waals surface area contributed by atoms with E-state index in [1.54, 1.807) is 6.21 Å². The van der Waals surface area contributed by atoms with Crippen molar-refractivity contribution in [2.75, 3.05) is 7.11 Å². The molecule has 0 N–H and O–H groups in total. The van der Waals surface area contributed by atoms with Gasteiger partial charge in [-0.05, 0) is 22.4 Å². The molecule has 0 atom stereocenters. The molecule has 0 saturated heterocycles. The zero-order valence-corrected chi connectivity index (χ0v) is 7.97. The van der Waals surface area contributed by atoms with Crippen molar-refractivity contribution in [1.29, 1.82) is 0 Å². The zero-order valence-electron chi connectivity index (χ0n) is 7.97. The average molecular weight is 185 g/mol. The minimum Gasteiger partial charge on any atom is -0.399 e. The molecule has 0 aliphatic heterocycles. The SMILES string of the molecule is CON=Cc1ccc2ccccc2c1. The Labute approximate surface area is 82.8 Å². The predicted octanol–water partition coefficient (Wildman–Crippen LogP) is 2.82. The van der Waals surface area contributed by atoms with E-state index in [0.29, 0.717) is 0 Å². The third-order valence-electron chi connectivity index (χ3n) is 2.08. The summed E-state index contributed by atoms with van der Waals surface area (Å²) in [5, 5.41) is 6.18. The van der Waals surface area contributed by atoms with Gasteiger partial charge in [0, 0.05) is 0 Å². The molecule has 0 fully saturated rings. The number of benzene rings is 2. The van der Waals surface area contributed by atoms with Crippen molar-refractivity contribution in [3.63, 3.8) is 0 Å². The summed E-state index contributed by atoms with van der Waals surface area (Å²) in [6.07, 6.45) is 1.70. The number of hydrogen-bond acceptors (Lipinski definition) is 2. The van der Waals surface area contributed by atoms with Crippen molar-refractivity contribution in [3.05, 3.63) is 48.0 Å². The summed E-state index contributed by atoms with van der Waals surface area (Å²) in [6, 6.07) is 14.4. The molecule has 0 aromatic heterocycles. The molecular weight excluding hydrogens is 174 g/mol. The molecule has 0 heterocycles. The third kappa shape index (κ3) is 1.74. The van der Waals surface area contributed by atoms with Gasteiger partial charge in [0.25, 0.3) is 0 Å². The van der Waals surface area contributed by atoms with E-state index in [0.717, 1.165) is 5.56 Å². The van der Waals surface area contributed by atoms with Gasteiger partial charge < -0.3 is 4.84 Å². The lowest BCUT2D eigenvalue weighted by Crippen LogP contribution is -1.82. The normalized spacial score (nSPS) is 10.9. The molecule has 0 spiro atoms. The molecule has 0 unspecified atom stereocenters. The first-order chi connectivity index (χ1) is 6.90. The Hall–Kier alpha value is -1.83. The van der Waals surface area contributed by atoms with Crippen LogP contribution in [0.3, 0.4) is 0 Å². The third-order valence-corrected chi connectivity index (χ3v) is 2.08. The molecule has 0 saturated carbocycles. The number of nitrogens with zero attached hydrogens (tertiary/aromatic N) is 1. The fourth-order valence-corrected chi connectivity index (χ4v) is 1.40. The second-order valence-corrected chi connectivity index (χ2v) is 3.02. The lowest BCUT2D eigenvalue weighted by Gasteiger charge is -1.97. The second-order valence-electron chi connectivity index (χ2n) is 3.02. The number of fused-ring (bicyclic) bond motifs is 1. The molecule has 2 aromatic rings. The van der Waals surface area contributed by atoms with Crippen LogP contribution in [0.5, 0.6) is 0 Å². The van der Waals surface area contributed by atoms with Crippen molar-refractivity contribution >= 4 is 17.0 Å². The van der Waals surface area contributed by atoms with Crippen molar-refractivity contribution in [2.24, 2.45) is 5.16 Å². The van der Waals surface area contributed by atoms with Gasteiger partial charge in [-0.15, -0.1) is 0 Å². The van der Waals surface area contributed by atoms with Gasteiger partial charge in [0.2, 0.25) is 0 Å². The summed E-state index contributed by atoms with van der Waals surface area (Å²) < 4.78 is 0. The summed E-state index contributed by atoms with van der Waals surface area (Å²) in [4.78, 5) is 4.63. The lowest BCUT2D eigenvalue weighted by molar-refractivity contribution is 0.215. The standard InChI is InChI=1S/C12H11NO/c1-14-13-9-10-6-7-11-4-2-3-5-12(11)8-10/h2-9H,1H3. The van der Waals surface area contributed by atoms with Gasteiger partial charge in [0.15, 0.2) is 0 Å². The minimum absolute atomic E-state index is 1.05. The molecule has 0 aliphatic carbocycles. The van der Waals surface area contributed by atoms with Crippen LogP contribution in [-0.4, -0.2) is 13.3 Å². The fourth-order valence-electron chi connectivity index (χ4n) is 1.40. The summed E-state index contributed by atoms with van der Waals surface area (Å²) in [5.74, 6) is 0. The second kappa shape index (κ2) is 3.92. The molecule has 2 rings (SSSR count). The molecule has 2 nitrogen and oxygen atoms in total. The lowest BCUT2D eigenvalue weighted by atomic mass is 10.1. The average Bonchev–Trinajstić information content (AvgIpc) is 2.26. The summed E-state index contributed by atoms with van der Waals surface area (Å²) >= 11 is 0. The van der Waals surface area contributed by atoms with Gasteiger partial charge in [-0.1, -0.05) is 41.6 Å². The van der Waals surface area contributed by atoms with E-state index < -0.39 is 0 Å². The first-order valence-electron chi connectivity index (χ1n) is 4.45. The highest BCUT2D eigenvalue weighted by molar-refractivity contribution is 5.90. The van der Waals surface area contributed by atoms with Gasteiger partial charge in [-0.25, -0.2) is 0 Å². The van der Waals surface area contributed by atoms with Crippen molar-refractivity contribution in [3.8, 4) is 0 Å². The Bertz CT molecular complexity index is 463. The summed E-state index contributed by atoms with van der Waals surface area (Å²) in [7, 11) is 1.54. The monoisotopic (exact) mass is 185 g/mol. The van der Waals surface area contributed by atoms with Crippen molar-refractivity contribution in [1.82, 2.24) is 0 Å². The van der Waals surface area contributed by atoms with E-state index in [4.69, 9.17) is 0 Å². The Kier molecular flexibility index (Phi) is 2.45. The highest BCUT2D eigenvalue weighted by Crippen LogP contribution is 2.14. The number of rotatable bonds is 2. The van der Waals surface area contributed by atoms with E-state index in [1.165, 1.54) is 17.9 Å². The van der Waals surface area contributed by atoms with Crippen molar-refractivity contribution < 1.29 is 4.84 Å². The molecule has 70 valence electrons. The van der Waals surface area contributed by atoms with Crippen LogP contribution >= 0.6 is 0 Å². The van der Waals surface area contributed by atoms with Crippen LogP contribution < -0.4 is 0 Å². The van der Waals surface area contributed by atoms with Crippen LogP contribution in [0.1, 0.15) is 5.56 Å². The fraction of sp³-hybridized carbons (Fsp3) is 0.0833. The molecule has 0 aliphatic rings. The van der Waals surface area contributed by atoms with E-state index in [-0.39, 0.29) is 0 Å². The van der Waals surface area contributed by atoms with Crippen LogP contribution in [0.4, 0.5) is 0 Å². The maximum absolute atomic E-state index is 4.63. The first-order valence-corrected chi connectivity index (χ1v) is 4.45. The first kappa shape index (κ1) is 8.75. The molecule has 0 radical (unpaired) electrons. The van der Waals surface area contributed by atoms with Gasteiger partial charge in [-0.3, -0.25) is 0 Å². The van der Waals surface area contributed by atoms with Gasteiger partial charge in [0.05, 0.1) is 6.21 Å². The van der Waals surface area contributed by atoms with Crippen LogP contribution in [0, 0.1) is 0 Å². The quantitative estimate of drug-likeness (QED) is 0.520. The van der Waals surface area contributed by atoms with Gasteiger partial charge in [0.1, 0.15) is 7.11 Å². The van der Waals surface area contributed by atoms with Crippen LogP contribution in [0.25, 0.3) is 10.8 Å². The molecule has 2 aromatic carbocycles. The number of hydrogen-bond donors (Lipinski definition) is 0. The topological polar surface area (TPSA) is 21.6 Å². The van der Waals surface area contributed by atoms with Gasteiger partial charge >= 0.3 is 0 Å². The molecule has 2 heteroatoms. The van der Waals surface area contributed by atoms with Gasteiger partial charge in [-0.2, -0.15) is 0 Å². The summed E-state index contributed by atoms with van der Waals surface area (Å²) in [6.45, 7) is 0. The Morgan fingerprint density at radius 3 is 2.64 bits per heavy atom. The number of oxime groups is 1. The Balaban J connectivity index is 2.46. The van der Waals surface area contributed by atoms with Crippen LogP contribution in [-0.2, 0) is 4.84 Å². The molecule has 0 bridgehead atoms. The highest BCUT2D eigenvalue weighted by Gasteiger charge is 1.92. The van der Waals surface area contributed by atoms with Crippen LogP contribution in [0.15, 0.2) is 47.6 Å². The van der Waals surface area contributed by atoms with E-state index in [1.807, 2.05) is 18.2 Å². The van der Waals surface area contributed by atoms with E-state index in [2.05, 4.69) is 34.3 Å². The predicted molar refractivity (Wildman–Crippen MR) is 58.6 cm³/mol. The molecule has 14 heavy (non-hydrogen) atoms. The maximum atomic E-state index is 4.63. The van der Waals surface area contributed by atoms with Crippen molar-refractivity contribution in [2.45, 2.75) is 0 Å². The highest BCUT2D eigenvalue weighted by atomic mass is 16.6. The van der Waals surface area contributed by atoms with E-state index >= 15 is 0 Å². The smallest absolute Gasteiger partial charge is 0.106 e. The zero-order chi connectivity index (χ0) is 9.80. The van der Waals surface area contributed by atoms with E-state index in [9.17, 15) is 0 Å². The Morgan fingerprint density at radius 1 is 1.07 bits per heavy atom. The Morgan fingerprint density at radius 2 is 1.86 bits per heavy atom. The minimum atomic E-state index is 1.05. The largest absolute Gasteiger partial charge is 0.399 e. The maximum Gasteiger partial charge on any atom is 0.106 e. The molecule has 0 amide bonds. The van der Waals surface area contributed by atoms with Crippen LogP contribution in [0.2, 0.25) is 0 Å². The summed E-state index contributed by atoms with van der Waals surface area (Å²) in [5.41, 5.74) is 1.05. The molecular formula is C12H11NO.